The van der Waals surface area contributed by atoms with Crippen molar-refractivity contribution in [1.29, 1.82) is 0 Å². The van der Waals surface area contributed by atoms with Crippen LogP contribution in [0.25, 0.3) is 0 Å². The molecule has 1 aliphatic heterocycles. The molecule has 0 saturated carbocycles. The standard InChI is InChI=1S/C17H22FNO5/c1-17(16(21)22,12-2-4-13(18)5-3-12)19-15(20)8-11-24-14-6-9-23-10-7-14/h2-5,14H,6-11H2,1H3,(H,19,20)(H,21,22). The molecule has 0 radical (unpaired) electrons. The Balaban J connectivity index is 1.90. The number of benzene rings is 1. The second kappa shape index (κ2) is 8.21. The number of carbonyl (C=O) groups excluding carboxylic acids is 1. The van der Waals surface area contributed by atoms with Gasteiger partial charge in [-0.3, -0.25) is 4.79 Å². The molecule has 2 rings (SSSR count). The Morgan fingerprint density at radius 2 is 1.96 bits per heavy atom. The summed E-state index contributed by atoms with van der Waals surface area (Å²) in [5, 5.41) is 12.0. The van der Waals surface area contributed by atoms with Gasteiger partial charge in [0.2, 0.25) is 5.91 Å². The van der Waals surface area contributed by atoms with Crippen LogP contribution in [0.4, 0.5) is 4.39 Å². The maximum atomic E-state index is 13.0. The molecule has 132 valence electrons. The lowest BCUT2D eigenvalue weighted by atomic mass is 9.92. The fourth-order valence-electron chi connectivity index (χ4n) is 2.53. The minimum absolute atomic E-state index is 0.0570. The molecule has 2 N–H and O–H groups in total. The van der Waals surface area contributed by atoms with E-state index in [0.717, 1.165) is 25.0 Å². The maximum absolute atomic E-state index is 13.0. The molecule has 1 aromatic rings. The van der Waals surface area contributed by atoms with Gasteiger partial charge in [0.15, 0.2) is 5.54 Å². The van der Waals surface area contributed by atoms with Gasteiger partial charge in [0.05, 0.1) is 19.1 Å². The van der Waals surface area contributed by atoms with Crippen molar-refractivity contribution in [1.82, 2.24) is 5.32 Å². The second-order valence-corrected chi connectivity index (χ2v) is 5.92. The first kappa shape index (κ1) is 18.4. The quantitative estimate of drug-likeness (QED) is 0.792. The van der Waals surface area contributed by atoms with E-state index in [0.29, 0.717) is 18.8 Å². The van der Waals surface area contributed by atoms with Gasteiger partial charge >= 0.3 is 5.97 Å². The van der Waals surface area contributed by atoms with Crippen molar-refractivity contribution >= 4 is 11.9 Å². The number of carboxylic acids is 1. The topological polar surface area (TPSA) is 84.9 Å². The van der Waals surface area contributed by atoms with Crippen LogP contribution in [0.5, 0.6) is 0 Å². The lowest BCUT2D eigenvalue weighted by Crippen LogP contribution is -2.49. The van der Waals surface area contributed by atoms with E-state index in [4.69, 9.17) is 9.47 Å². The van der Waals surface area contributed by atoms with Crippen molar-refractivity contribution in [3.8, 4) is 0 Å². The lowest BCUT2D eigenvalue weighted by Gasteiger charge is -2.27. The Hall–Kier alpha value is -1.99. The molecular formula is C17H22FNO5. The number of hydrogen-bond donors (Lipinski definition) is 2. The highest BCUT2D eigenvalue weighted by molar-refractivity contribution is 5.87. The van der Waals surface area contributed by atoms with E-state index in [-0.39, 0.29) is 19.1 Å². The van der Waals surface area contributed by atoms with Crippen LogP contribution in [0, 0.1) is 5.82 Å². The number of nitrogens with one attached hydrogen (secondary N) is 1. The number of ether oxygens (including phenoxy) is 2. The first-order valence-corrected chi connectivity index (χ1v) is 7.91. The van der Waals surface area contributed by atoms with Gasteiger partial charge in [0.25, 0.3) is 0 Å². The largest absolute Gasteiger partial charge is 0.479 e. The summed E-state index contributed by atoms with van der Waals surface area (Å²) in [5.74, 6) is -2.12. The number of rotatable bonds is 7. The van der Waals surface area contributed by atoms with Gasteiger partial charge < -0.3 is 19.9 Å². The summed E-state index contributed by atoms with van der Waals surface area (Å²) in [6, 6.07) is 5.03. The fraction of sp³-hybridized carbons (Fsp3) is 0.529. The molecule has 0 aromatic heterocycles. The van der Waals surface area contributed by atoms with E-state index in [9.17, 15) is 19.1 Å². The Kier molecular flexibility index (Phi) is 6.28. The average molecular weight is 339 g/mol. The summed E-state index contributed by atoms with van der Waals surface area (Å²) >= 11 is 0. The fourth-order valence-corrected chi connectivity index (χ4v) is 2.53. The van der Waals surface area contributed by atoms with Crippen LogP contribution in [0.2, 0.25) is 0 Å². The summed E-state index contributed by atoms with van der Waals surface area (Å²) in [7, 11) is 0. The van der Waals surface area contributed by atoms with Gasteiger partial charge in [-0.25, -0.2) is 9.18 Å². The Labute approximate surface area is 139 Å². The van der Waals surface area contributed by atoms with Gasteiger partial charge in [-0.2, -0.15) is 0 Å². The van der Waals surface area contributed by atoms with Crippen molar-refractivity contribution in [3.05, 3.63) is 35.6 Å². The summed E-state index contributed by atoms with van der Waals surface area (Å²) in [5.41, 5.74) is -1.32. The first-order chi connectivity index (χ1) is 11.4. The third-order valence-corrected chi connectivity index (χ3v) is 4.09. The lowest BCUT2D eigenvalue weighted by molar-refractivity contribution is -0.147. The summed E-state index contributed by atoms with van der Waals surface area (Å²) < 4.78 is 23.9. The Morgan fingerprint density at radius 3 is 2.54 bits per heavy atom. The van der Waals surface area contributed by atoms with E-state index in [2.05, 4.69) is 5.32 Å². The highest BCUT2D eigenvalue weighted by atomic mass is 19.1. The maximum Gasteiger partial charge on any atom is 0.333 e. The minimum atomic E-state index is -1.62. The van der Waals surface area contributed by atoms with Crippen molar-refractivity contribution in [2.75, 3.05) is 19.8 Å². The molecule has 24 heavy (non-hydrogen) atoms. The SMILES string of the molecule is CC(NC(=O)CCOC1CCOCC1)(C(=O)O)c1ccc(F)cc1. The molecule has 1 saturated heterocycles. The summed E-state index contributed by atoms with van der Waals surface area (Å²) in [6.45, 7) is 2.90. The van der Waals surface area contributed by atoms with Crippen LogP contribution in [0.3, 0.4) is 0 Å². The predicted octanol–water partition coefficient (Wildman–Crippen LogP) is 1.83. The predicted molar refractivity (Wildman–Crippen MR) is 83.9 cm³/mol. The molecular weight excluding hydrogens is 317 g/mol. The zero-order valence-corrected chi connectivity index (χ0v) is 13.6. The van der Waals surface area contributed by atoms with Gasteiger partial charge in [0.1, 0.15) is 5.82 Å². The first-order valence-electron chi connectivity index (χ1n) is 7.91. The third kappa shape index (κ3) is 4.75. The average Bonchev–Trinajstić information content (AvgIpc) is 2.56. The normalized spacial score (nSPS) is 17.9. The highest BCUT2D eigenvalue weighted by Gasteiger charge is 2.36. The van der Waals surface area contributed by atoms with Crippen molar-refractivity contribution < 1.29 is 28.6 Å². The number of aliphatic carboxylic acids is 1. The molecule has 1 aromatic carbocycles. The highest BCUT2D eigenvalue weighted by Crippen LogP contribution is 2.22. The Bertz CT molecular complexity index is 571. The molecule has 0 bridgehead atoms. The van der Waals surface area contributed by atoms with E-state index in [1.807, 2.05) is 0 Å². The molecule has 1 aliphatic rings. The molecule has 1 amide bonds. The van der Waals surface area contributed by atoms with E-state index in [1.165, 1.54) is 19.1 Å². The Morgan fingerprint density at radius 1 is 1.33 bits per heavy atom. The molecule has 1 fully saturated rings. The van der Waals surface area contributed by atoms with Crippen LogP contribution in [0.15, 0.2) is 24.3 Å². The van der Waals surface area contributed by atoms with Crippen molar-refractivity contribution in [3.63, 3.8) is 0 Å². The molecule has 0 spiro atoms. The van der Waals surface area contributed by atoms with Crippen LogP contribution in [-0.4, -0.2) is 42.9 Å². The van der Waals surface area contributed by atoms with Gasteiger partial charge in [-0.1, -0.05) is 12.1 Å². The minimum Gasteiger partial charge on any atom is -0.479 e. The van der Waals surface area contributed by atoms with Crippen LogP contribution in [-0.2, 0) is 24.6 Å². The summed E-state index contributed by atoms with van der Waals surface area (Å²) in [6.07, 6.45) is 1.73. The van der Waals surface area contributed by atoms with Gasteiger partial charge in [0, 0.05) is 13.2 Å². The number of amides is 1. The molecule has 0 aliphatic carbocycles. The number of halogens is 1. The number of hydrogen-bond acceptors (Lipinski definition) is 4. The number of carbonyl (C=O) groups is 2. The molecule has 6 nitrogen and oxygen atoms in total. The zero-order valence-electron chi connectivity index (χ0n) is 13.6. The molecule has 7 heteroatoms. The van der Waals surface area contributed by atoms with Gasteiger partial charge in [-0.05, 0) is 37.5 Å². The second-order valence-electron chi connectivity index (χ2n) is 5.92. The van der Waals surface area contributed by atoms with Gasteiger partial charge in [-0.15, -0.1) is 0 Å². The zero-order chi connectivity index (χ0) is 17.6. The smallest absolute Gasteiger partial charge is 0.333 e. The monoisotopic (exact) mass is 339 g/mol. The molecule has 1 unspecified atom stereocenters. The van der Waals surface area contributed by atoms with E-state index in [1.54, 1.807) is 0 Å². The molecule has 1 heterocycles. The van der Waals surface area contributed by atoms with E-state index < -0.39 is 23.2 Å². The summed E-state index contributed by atoms with van der Waals surface area (Å²) in [4.78, 5) is 23.7. The van der Waals surface area contributed by atoms with Crippen LogP contribution < -0.4 is 5.32 Å². The van der Waals surface area contributed by atoms with Crippen LogP contribution >= 0.6 is 0 Å². The third-order valence-electron chi connectivity index (χ3n) is 4.09. The van der Waals surface area contributed by atoms with Crippen LogP contribution in [0.1, 0.15) is 31.7 Å². The van der Waals surface area contributed by atoms with Crippen molar-refractivity contribution in [2.45, 2.75) is 37.8 Å². The van der Waals surface area contributed by atoms with E-state index >= 15 is 0 Å². The van der Waals surface area contributed by atoms with Crippen molar-refractivity contribution in [2.24, 2.45) is 0 Å². The molecule has 1 atom stereocenters. The number of carboxylic acid groups (broad SMARTS) is 1.